The molecule has 0 aliphatic carbocycles. The van der Waals surface area contributed by atoms with Gasteiger partial charge >= 0.3 is 0 Å². The van der Waals surface area contributed by atoms with Crippen molar-refractivity contribution in [3.63, 3.8) is 0 Å². The molecule has 0 bridgehead atoms. The summed E-state index contributed by atoms with van der Waals surface area (Å²) >= 11 is 5.53. The zero-order valence-corrected chi connectivity index (χ0v) is 12.2. The maximum Gasteiger partial charge on any atom is 0.119 e. The van der Waals surface area contributed by atoms with E-state index in [1.165, 1.54) is 16.3 Å². The van der Waals surface area contributed by atoms with Gasteiger partial charge in [0.2, 0.25) is 0 Å². The van der Waals surface area contributed by atoms with E-state index in [1.54, 1.807) is 7.11 Å². The van der Waals surface area contributed by atoms with E-state index in [0.29, 0.717) is 5.88 Å². The van der Waals surface area contributed by atoms with Gasteiger partial charge in [-0.05, 0) is 28.5 Å². The van der Waals surface area contributed by atoms with E-state index in [4.69, 9.17) is 16.3 Å². The molecule has 20 heavy (non-hydrogen) atoms. The molecule has 102 valence electrons. The van der Waals surface area contributed by atoms with Crippen molar-refractivity contribution in [3.05, 3.63) is 78.4 Å². The molecule has 3 rings (SSSR count). The highest BCUT2D eigenvalue weighted by Crippen LogP contribution is 2.19. The predicted molar refractivity (Wildman–Crippen MR) is 86.5 cm³/mol. The van der Waals surface area contributed by atoms with Gasteiger partial charge in [-0.15, -0.1) is 11.6 Å². The van der Waals surface area contributed by atoms with E-state index in [2.05, 4.69) is 18.2 Å². The summed E-state index contributed by atoms with van der Waals surface area (Å²) in [6.45, 7) is 0. The van der Waals surface area contributed by atoms with Gasteiger partial charge in [0.05, 0.1) is 7.11 Å². The number of hydrogen-bond acceptors (Lipinski definition) is 1. The molecule has 0 amide bonds. The van der Waals surface area contributed by atoms with Crippen molar-refractivity contribution in [1.82, 2.24) is 0 Å². The monoisotopic (exact) mass is 284 g/mol. The van der Waals surface area contributed by atoms with E-state index in [1.807, 2.05) is 54.6 Å². The summed E-state index contributed by atoms with van der Waals surface area (Å²) in [5.74, 6) is 1.52. The highest BCUT2D eigenvalue weighted by Gasteiger charge is 1.93. The Morgan fingerprint density at radius 3 is 2.05 bits per heavy atom. The number of halogens is 1. The summed E-state index contributed by atoms with van der Waals surface area (Å²) in [6, 6.07) is 24.3. The predicted octanol–water partition coefficient (Wildman–Crippen LogP) is 5.27. The van der Waals surface area contributed by atoms with Crippen LogP contribution >= 0.6 is 11.6 Å². The van der Waals surface area contributed by atoms with E-state index in [-0.39, 0.29) is 0 Å². The lowest BCUT2D eigenvalue weighted by Crippen LogP contribution is -1.81. The third-order valence-electron chi connectivity index (χ3n) is 2.95. The molecule has 2 heteroatoms. The minimum absolute atomic E-state index is 0.612. The molecule has 0 aromatic heterocycles. The van der Waals surface area contributed by atoms with Crippen LogP contribution in [-0.2, 0) is 5.88 Å². The van der Waals surface area contributed by atoms with Gasteiger partial charge in [-0.25, -0.2) is 0 Å². The van der Waals surface area contributed by atoms with Crippen molar-refractivity contribution in [1.29, 1.82) is 0 Å². The van der Waals surface area contributed by atoms with Crippen LogP contribution in [0.25, 0.3) is 10.8 Å². The Morgan fingerprint density at radius 2 is 1.45 bits per heavy atom. The largest absolute Gasteiger partial charge is 0.497 e. The smallest absolute Gasteiger partial charge is 0.119 e. The van der Waals surface area contributed by atoms with Gasteiger partial charge in [0.25, 0.3) is 0 Å². The molecule has 0 N–H and O–H groups in total. The Kier molecular flexibility index (Phi) is 5.45. The summed E-state index contributed by atoms with van der Waals surface area (Å²) in [5, 5.41) is 2.47. The Morgan fingerprint density at radius 1 is 0.800 bits per heavy atom. The van der Waals surface area contributed by atoms with Crippen molar-refractivity contribution in [2.45, 2.75) is 5.88 Å². The quantitative estimate of drug-likeness (QED) is 0.582. The molecule has 0 heterocycles. The fraction of sp³-hybridized carbons (Fsp3) is 0.111. The molecular weight excluding hydrogens is 268 g/mol. The van der Waals surface area contributed by atoms with Crippen LogP contribution in [0, 0.1) is 0 Å². The highest BCUT2D eigenvalue weighted by atomic mass is 35.5. The van der Waals surface area contributed by atoms with Crippen molar-refractivity contribution >= 4 is 22.4 Å². The second-order valence-electron chi connectivity index (χ2n) is 4.33. The van der Waals surface area contributed by atoms with Gasteiger partial charge in [0.15, 0.2) is 0 Å². The van der Waals surface area contributed by atoms with Gasteiger partial charge in [-0.1, -0.05) is 60.7 Å². The minimum atomic E-state index is 0.612. The van der Waals surface area contributed by atoms with Crippen molar-refractivity contribution in [3.8, 4) is 5.75 Å². The molecule has 1 nitrogen and oxygen atoms in total. The normalized spacial score (nSPS) is 9.70. The molecule has 0 fully saturated rings. The number of hydrogen-bond donors (Lipinski definition) is 0. The molecule has 3 aromatic carbocycles. The lowest BCUT2D eigenvalue weighted by Gasteiger charge is -2.00. The van der Waals surface area contributed by atoms with Gasteiger partial charge in [0, 0.05) is 5.88 Å². The standard InChI is InChI=1S/C11H10O.C7H7Cl/c1-12-11-7-6-9-4-2-3-5-10(9)8-11;8-6-7-4-2-1-3-5-7/h2-8H,1H3;1-5H,6H2. The van der Waals surface area contributed by atoms with E-state index < -0.39 is 0 Å². The first-order valence-electron chi connectivity index (χ1n) is 6.46. The van der Waals surface area contributed by atoms with Crippen LogP contribution < -0.4 is 4.74 Å². The lowest BCUT2D eigenvalue weighted by molar-refractivity contribution is 0.415. The van der Waals surface area contributed by atoms with Crippen molar-refractivity contribution < 1.29 is 4.74 Å². The summed E-state index contributed by atoms with van der Waals surface area (Å²) in [4.78, 5) is 0. The highest BCUT2D eigenvalue weighted by molar-refractivity contribution is 6.17. The van der Waals surface area contributed by atoms with Crippen LogP contribution in [0.1, 0.15) is 5.56 Å². The Bertz CT molecular complexity index is 650. The van der Waals surface area contributed by atoms with Crippen LogP contribution in [-0.4, -0.2) is 7.11 Å². The Hall–Kier alpha value is -1.99. The van der Waals surface area contributed by atoms with E-state index in [9.17, 15) is 0 Å². The molecule has 0 aliphatic heterocycles. The number of rotatable bonds is 2. The van der Waals surface area contributed by atoms with E-state index >= 15 is 0 Å². The van der Waals surface area contributed by atoms with Crippen LogP contribution in [0.5, 0.6) is 5.75 Å². The zero-order valence-electron chi connectivity index (χ0n) is 11.4. The number of ether oxygens (including phenoxy) is 1. The van der Waals surface area contributed by atoms with Crippen LogP contribution in [0.3, 0.4) is 0 Å². The molecular formula is C18H17ClO. The molecule has 0 atom stereocenters. The molecule has 3 aromatic rings. The summed E-state index contributed by atoms with van der Waals surface area (Å²) in [6.07, 6.45) is 0. The summed E-state index contributed by atoms with van der Waals surface area (Å²) < 4.78 is 5.12. The minimum Gasteiger partial charge on any atom is -0.497 e. The number of benzene rings is 3. The molecule has 0 unspecified atom stereocenters. The fourth-order valence-corrected chi connectivity index (χ4v) is 2.04. The van der Waals surface area contributed by atoms with Crippen LogP contribution in [0.15, 0.2) is 72.8 Å². The first kappa shape index (κ1) is 14.4. The number of methoxy groups -OCH3 is 1. The van der Waals surface area contributed by atoms with Gasteiger partial charge in [-0.2, -0.15) is 0 Å². The fourth-order valence-electron chi connectivity index (χ4n) is 1.86. The average Bonchev–Trinajstić information content (AvgIpc) is 2.55. The lowest BCUT2D eigenvalue weighted by atomic mass is 10.1. The number of fused-ring (bicyclic) bond motifs is 1. The molecule has 0 saturated heterocycles. The third-order valence-corrected chi connectivity index (χ3v) is 3.26. The van der Waals surface area contributed by atoms with Gasteiger partial charge in [-0.3, -0.25) is 0 Å². The molecule has 0 radical (unpaired) electrons. The van der Waals surface area contributed by atoms with Gasteiger partial charge in [0.1, 0.15) is 5.75 Å². The second-order valence-corrected chi connectivity index (χ2v) is 4.60. The first-order valence-corrected chi connectivity index (χ1v) is 6.99. The number of alkyl halides is 1. The van der Waals surface area contributed by atoms with Crippen molar-refractivity contribution in [2.75, 3.05) is 7.11 Å². The second kappa shape index (κ2) is 7.56. The Balaban J connectivity index is 0.000000160. The SMILES string of the molecule is COc1ccc2ccccc2c1.ClCc1ccccc1. The Labute approximate surface area is 124 Å². The van der Waals surface area contributed by atoms with Crippen LogP contribution in [0.4, 0.5) is 0 Å². The van der Waals surface area contributed by atoms with Crippen molar-refractivity contribution in [2.24, 2.45) is 0 Å². The maximum atomic E-state index is 5.53. The summed E-state index contributed by atoms with van der Waals surface area (Å²) in [7, 11) is 1.68. The van der Waals surface area contributed by atoms with Crippen LogP contribution in [0.2, 0.25) is 0 Å². The molecule has 0 saturated carbocycles. The first-order chi connectivity index (χ1) is 9.83. The third kappa shape index (κ3) is 4.01. The topological polar surface area (TPSA) is 9.23 Å². The zero-order chi connectivity index (χ0) is 14.2. The van der Waals surface area contributed by atoms with E-state index in [0.717, 1.165) is 5.75 Å². The molecule has 0 spiro atoms. The maximum absolute atomic E-state index is 5.53. The summed E-state index contributed by atoms with van der Waals surface area (Å²) in [5.41, 5.74) is 1.18. The molecule has 0 aliphatic rings. The van der Waals surface area contributed by atoms with Gasteiger partial charge < -0.3 is 4.74 Å². The average molecular weight is 285 g/mol.